The molecule has 0 saturated heterocycles. The molecule has 0 spiro atoms. The van der Waals surface area contributed by atoms with E-state index in [-0.39, 0.29) is 18.7 Å². The third kappa shape index (κ3) is 5.64. The summed E-state index contributed by atoms with van der Waals surface area (Å²) in [6.07, 6.45) is 5.85. The monoisotopic (exact) mass is 422 g/mol. The van der Waals surface area contributed by atoms with Gasteiger partial charge in [-0.25, -0.2) is 9.48 Å². The van der Waals surface area contributed by atoms with Crippen molar-refractivity contribution in [3.63, 3.8) is 0 Å². The van der Waals surface area contributed by atoms with Crippen LogP contribution < -0.4 is 10.6 Å². The highest BCUT2D eigenvalue weighted by Crippen LogP contribution is 2.26. The number of nitrogens with one attached hydrogen (secondary N) is 2. The molecule has 2 amide bonds. The fourth-order valence-electron chi connectivity index (χ4n) is 3.89. The van der Waals surface area contributed by atoms with E-state index in [9.17, 15) is 9.90 Å². The number of carbonyl (C=O) groups excluding carboxylic acids is 1. The number of hydrogen-bond acceptors (Lipinski definition) is 3. The molecule has 1 unspecified atom stereocenters. The number of fused-ring (bicyclic) bond motifs is 1. The fourth-order valence-corrected chi connectivity index (χ4v) is 3.89. The number of unbranched alkanes of at least 4 members (excludes halogenated alkanes) is 1. The summed E-state index contributed by atoms with van der Waals surface area (Å²) in [6.45, 7) is 6.30. The average Bonchev–Trinajstić information content (AvgIpc) is 3.18. The lowest BCUT2D eigenvalue weighted by molar-refractivity contribution is 0.247. The van der Waals surface area contributed by atoms with Gasteiger partial charge < -0.3 is 10.4 Å². The second-order valence-corrected chi connectivity index (χ2v) is 8.01. The molecule has 0 fully saturated rings. The van der Waals surface area contributed by atoms with Crippen LogP contribution in [0.25, 0.3) is 16.5 Å². The molecule has 0 radical (unpaired) electrons. The number of aromatic nitrogens is 2. The van der Waals surface area contributed by atoms with Crippen LogP contribution in [0.2, 0.25) is 0 Å². The summed E-state index contributed by atoms with van der Waals surface area (Å²) < 4.78 is 1.77. The number of aliphatic hydroxyl groups excluding tert-OH is 1. The molecule has 6 heteroatoms. The zero-order chi connectivity index (χ0) is 22.2. The average molecular weight is 423 g/mol. The predicted octanol–water partition coefficient (Wildman–Crippen LogP) is 5.56. The maximum atomic E-state index is 12.7. The van der Waals surface area contributed by atoms with Crippen molar-refractivity contribution in [2.75, 3.05) is 5.32 Å². The van der Waals surface area contributed by atoms with Gasteiger partial charge in [0.2, 0.25) is 0 Å². The predicted molar refractivity (Wildman–Crippen MR) is 127 cm³/mol. The van der Waals surface area contributed by atoms with E-state index in [1.54, 1.807) is 4.68 Å². The van der Waals surface area contributed by atoms with Gasteiger partial charge in [-0.1, -0.05) is 57.9 Å². The van der Waals surface area contributed by atoms with Gasteiger partial charge in [-0.3, -0.25) is 5.32 Å². The van der Waals surface area contributed by atoms with Crippen molar-refractivity contribution in [2.45, 2.75) is 71.9 Å². The number of urea groups is 1. The van der Waals surface area contributed by atoms with Crippen LogP contribution in [0.3, 0.4) is 0 Å². The van der Waals surface area contributed by atoms with Crippen LogP contribution in [-0.2, 0) is 13.0 Å². The second-order valence-electron chi connectivity index (χ2n) is 8.01. The van der Waals surface area contributed by atoms with Crippen LogP contribution in [-0.4, -0.2) is 27.0 Å². The molecular weight excluding hydrogens is 388 g/mol. The van der Waals surface area contributed by atoms with E-state index in [4.69, 9.17) is 5.10 Å². The van der Waals surface area contributed by atoms with E-state index in [1.165, 1.54) is 0 Å². The number of nitrogens with zero attached hydrogens (tertiary/aromatic N) is 2. The molecule has 3 aromatic rings. The quantitative estimate of drug-likeness (QED) is 0.400. The van der Waals surface area contributed by atoms with Gasteiger partial charge in [0.25, 0.3) is 0 Å². The first-order chi connectivity index (χ1) is 15.1. The van der Waals surface area contributed by atoms with Crippen molar-refractivity contribution in [3.8, 4) is 5.69 Å². The Morgan fingerprint density at radius 2 is 1.94 bits per heavy atom. The summed E-state index contributed by atoms with van der Waals surface area (Å²) >= 11 is 0. The summed E-state index contributed by atoms with van der Waals surface area (Å²) in [6, 6.07) is 13.8. The van der Waals surface area contributed by atoms with Gasteiger partial charge >= 0.3 is 6.03 Å². The number of hydrogen-bond donors (Lipinski definition) is 3. The van der Waals surface area contributed by atoms with Crippen LogP contribution in [0.15, 0.2) is 42.5 Å². The molecule has 0 aliphatic heterocycles. The highest BCUT2D eigenvalue weighted by Gasteiger charge is 2.16. The molecule has 1 heterocycles. The molecule has 0 bridgehead atoms. The maximum absolute atomic E-state index is 12.7. The van der Waals surface area contributed by atoms with Gasteiger partial charge in [-0.05, 0) is 54.2 Å². The SMILES string of the molecule is CCCCc1cc(NC(=O)NC(CC)CCC)n(-c2cc(CO)c3ccccc3c2)n1. The second kappa shape index (κ2) is 11.0. The zero-order valence-corrected chi connectivity index (χ0v) is 18.8. The minimum atomic E-state index is -0.216. The summed E-state index contributed by atoms with van der Waals surface area (Å²) in [4.78, 5) is 12.7. The Kier molecular flexibility index (Phi) is 8.06. The molecular formula is C25H34N4O2. The molecule has 1 atom stereocenters. The number of aryl methyl sites for hydroxylation is 1. The highest BCUT2D eigenvalue weighted by atomic mass is 16.3. The maximum Gasteiger partial charge on any atom is 0.320 e. The summed E-state index contributed by atoms with van der Waals surface area (Å²) in [5.74, 6) is 0.633. The van der Waals surface area contributed by atoms with Crippen LogP contribution >= 0.6 is 0 Å². The van der Waals surface area contributed by atoms with Gasteiger partial charge in [0.05, 0.1) is 18.0 Å². The number of benzene rings is 2. The molecule has 166 valence electrons. The number of anilines is 1. The molecule has 3 rings (SSSR count). The Balaban J connectivity index is 1.96. The minimum absolute atomic E-state index is 0.0588. The van der Waals surface area contributed by atoms with Crippen LogP contribution in [0.4, 0.5) is 10.6 Å². The standard InChI is InChI=1S/C25H34N4O2/c1-4-7-12-21-16-24(27-25(31)26-20(6-3)10-5-2)29(28-21)22-14-18-11-8-9-13-23(18)19(15-22)17-30/h8-9,11,13-16,20,30H,4-7,10,12,17H2,1-3H3,(H2,26,27,31). The third-order valence-corrected chi connectivity index (χ3v) is 5.60. The summed E-state index contributed by atoms with van der Waals surface area (Å²) in [7, 11) is 0. The van der Waals surface area contributed by atoms with Gasteiger partial charge in [0.1, 0.15) is 5.82 Å². The molecule has 31 heavy (non-hydrogen) atoms. The Morgan fingerprint density at radius 3 is 2.65 bits per heavy atom. The lowest BCUT2D eigenvalue weighted by Gasteiger charge is -2.17. The number of carbonyl (C=O) groups is 1. The molecule has 1 aromatic heterocycles. The van der Waals surface area contributed by atoms with Crippen LogP contribution in [0, 0.1) is 0 Å². The van der Waals surface area contributed by atoms with Crippen molar-refractivity contribution in [3.05, 3.63) is 53.7 Å². The number of amides is 2. The van der Waals surface area contributed by atoms with E-state index < -0.39 is 0 Å². The molecule has 3 N–H and O–H groups in total. The van der Waals surface area contributed by atoms with E-state index in [1.807, 2.05) is 42.5 Å². The molecule has 2 aromatic carbocycles. The van der Waals surface area contributed by atoms with E-state index in [0.717, 1.165) is 66.2 Å². The summed E-state index contributed by atoms with van der Waals surface area (Å²) in [5.41, 5.74) is 2.60. The normalized spacial score (nSPS) is 12.1. The van der Waals surface area contributed by atoms with Gasteiger partial charge in [-0.15, -0.1) is 0 Å². The van der Waals surface area contributed by atoms with Gasteiger partial charge in [0, 0.05) is 12.1 Å². The van der Waals surface area contributed by atoms with Crippen molar-refractivity contribution in [1.29, 1.82) is 0 Å². The van der Waals surface area contributed by atoms with E-state index in [0.29, 0.717) is 5.82 Å². The molecule has 0 aliphatic carbocycles. The van der Waals surface area contributed by atoms with E-state index in [2.05, 4.69) is 31.4 Å². The van der Waals surface area contributed by atoms with Crippen molar-refractivity contribution < 1.29 is 9.90 Å². The fraction of sp³-hybridized carbons (Fsp3) is 0.440. The topological polar surface area (TPSA) is 79.2 Å². The molecule has 0 saturated carbocycles. The largest absolute Gasteiger partial charge is 0.392 e. The summed E-state index contributed by atoms with van der Waals surface area (Å²) in [5, 5.41) is 22.8. The van der Waals surface area contributed by atoms with Crippen LogP contribution in [0.5, 0.6) is 0 Å². The first kappa shape index (κ1) is 22.8. The minimum Gasteiger partial charge on any atom is -0.392 e. The number of rotatable bonds is 10. The smallest absolute Gasteiger partial charge is 0.320 e. The van der Waals surface area contributed by atoms with Gasteiger partial charge in [0.15, 0.2) is 0 Å². The lowest BCUT2D eigenvalue weighted by Crippen LogP contribution is -2.37. The lowest BCUT2D eigenvalue weighted by atomic mass is 10.0. The Bertz CT molecular complexity index is 1010. The van der Waals surface area contributed by atoms with E-state index >= 15 is 0 Å². The zero-order valence-electron chi connectivity index (χ0n) is 18.8. The Morgan fingerprint density at radius 1 is 1.13 bits per heavy atom. The van der Waals surface area contributed by atoms with Crippen LogP contribution in [0.1, 0.15) is 64.1 Å². The molecule has 0 aliphatic rings. The Labute approximate surface area is 184 Å². The van der Waals surface area contributed by atoms with Gasteiger partial charge in [-0.2, -0.15) is 5.10 Å². The van der Waals surface area contributed by atoms with Crippen molar-refractivity contribution in [2.24, 2.45) is 0 Å². The third-order valence-electron chi connectivity index (χ3n) is 5.60. The number of aliphatic hydroxyl groups is 1. The molecule has 6 nitrogen and oxygen atoms in total. The highest BCUT2D eigenvalue weighted by molar-refractivity contribution is 5.90. The van der Waals surface area contributed by atoms with Crippen molar-refractivity contribution >= 4 is 22.6 Å². The Hall–Kier alpha value is -2.86. The first-order valence-corrected chi connectivity index (χ1v) is 11.4. The first-order valence-electron chi connectivity index (χ1n) is 11.4. The van der Waals surface area contributed by atoms with Crippen molar-refractivity contribution in [1.82, 2.24) is 15.1 Å².